The number of likely N-dealkylation sites (N-methyl/N-ethyl adjacent to an activating group) is 1. The lowest BCUT2D eigenvalue weighted by molar-refractivity contribution is -0.157. The molecule has 1 aliphatic heterocycles. The zero-order valence-corrected chi connectivity index (χ0v) is 12.7. The molecule has 3 unspecified atom stereocenters. The normalized spacial score (nSPS) is 30.7. The summed E-state index contributed by atoms with van der Waals surface area (Å²) in [6.07, 6.45) is 2.29. The zero-order chi connectivity index (χ0) is 14.5. The van der Waals surface area contributed by atoms with Gasteiger partial charge in [0, 0.05) is 0 Å². The molecule has 0 saturated carbocycles. The Morgan fingerprint density at radius 2 is 1.95 bits per heavy atom. The topological polar surface area (TPSA) is 56.8 Å². The smallest absolute Gasteiger partial charge is 0.328 e. The van der Waals surface area contributed by atoms with Crippen LogP contribution in [0, 0.1) is 0 Å². The summed E-state index contributed by atoms with van der Waals surface area (Å²) in [6, 6.07) is 0. The molecule has 5 nitrogen and oxygen atoms in total. The predicted molar refractivity (Wildman–Crippen MR) is 73.1 cm³/mol. The van der Waals surface area contributed by atoms with Crippen LogP contribution in [-0.2, 0) is 19.0 Å². The maximum atomic E-state index is 11.9. The molecule has 3 atom stereocenters. The standard InChI is InChI=1S/C14H27NO4/c1-6-17-13(16)14(4,15-5)9-18-12-7-10(2)19-11(3)8-12/h10-12,15H,6-9H2,1-5H3. The van der Waals surface area contributed by atoms with Gasteiger partial charge in [-0.25, -0.2) is 4.79 Å². The van der Waals surface area contributed by atoms with Crippen LogP contribution in [0.4, 0.5) is 0 Å². The molecule has 1 N–H and O–H groups in total. The average Bonchev–Trinajstić information content (AvgIpc) is 2.35. The van der Waals surface area contributed by atoms with Crippen LogP contribution >= 0.6 is 0 Å². The van der Waals surface area contributed by atoms with E-state index in [1.54, 1.807) is 20.9 Å². The summed E-state index contributed by atoms with van der Waals surface area (Å²) < 4.78 is 16.7. The molecule has 0 aromatic rings. The van der Waals surface area contributed by atoms with Gasteiger partial charge < -0.3 is 19.5 Å². The van der Waals surface area contributed by atoms with Gasteiger partial charge in [0.05, 0.1) is 31.5 Å². The third kappa shape index (κ3) is 4.75. The van der Waals surface area contributed by atoms with E-state index in [0.717, 1.165) is 12.8 Å². The number of carbonyl (C=O) groups is 1. The molecule has 1 fully saturated rings. The molecular formula is C14H27NO4. The molecule has 0 radical (unpaired) electrons. The summed E-state index contributed by atoms with van der Waals surface area (Å²) in [5.41, 5.74) is -0.791. The lowest BCUT2D eigenvalue weighted by atomic mass is 10.0. The highest BCUT2D eigenvalue weighted by Gasteiger charge is 2.35. The second-order valence-corrected chi connectivity index (χ2v) is 5.46. The summed E-state index contributed by atoms with van der Waals surface area (Å²) >= 11 is 0. The first-order valence-corrected chi connectivity index (χ1v) is 7.04. The Hall–Kier alpha value is -0.650. The van der Waals surface area contributed by atoms with Gasteiger partial charge in [0.1, 0.15) is 5.54 Å². The van der Waals surface area contributed by atoms with Crippen LogP contribution in [0.3, 0.4) is 0 Å². The van der Waals surface area contributed by atoms with Gasteiger partial charge in [-0.15, -0.1) is 0 Å². The van der Waals surface area contributed by atoms with Crippen LogP contribution in [0.25, 0.3) is 0 Å². The highest BCUT2D eigenvalue weighted by molar-refractivity contribution is 5.80. The van der Waals surface area contributed by atoms with Gasteiger partial charge >= 0.3 is 5.97 Å². The van der Waals surface area contributed by atoms with Crippen molar-refractivity contribution in [3.05, 3.63) is 0 Å². The van der Waals surface area contributed by atoms with Gasteiger partial charge in [-0.1, -0.05) is 0 Å². The van der Waals surface area contributed by atoms with Crippen LogP contribution in [0.5, 0.6) is 0 Å². The van der Waals surface area contributed by atoms with Crippen LogP contribution < -0.4 is 5.32 Å². The minimum Gasteiger partial charge on any atom is -0.465 e. The lowest BCUT2D eigenvalue weighted by Crippen LogP contribution is -2.53. The fraction of sp³-hybridized carbons (Fsp3) is 0.929. The Labute approximate surface area is 116 Å². The molecule has 1 rings (SSSR count). The van der Waals surface area contributed by atoms with Gasteiger partial charge in [0.2, 0.25) is 0 Å². The Morgan fingerprint density at radius 1 is 1.37 bits per heavy atom. The number of carbonyl (C=O) groups excluding carboxylic acids is 1. The average molecular weight is 273 g/mol. The van der Waals surface area contributed by atoms with Gasteiger partial charge in [-0.3, -0.25) is 0 Å². The van der Waals surface area contributed by atoms with Gasteiger partial charge in [-0.05, 0) is 47.6 Å². The molecule has 1 heterocycles. The fourth-order valence-corrected chi connectivity index (χ4v) is 2.29. The third-order valence-corrected chi connectivity index (χ3v) is 3.54. The van der Waals surface area contributed by atoms with Gasteiger partial charge in [0.15, 0.2) is 0 Å². The van der Waals surface area contributed by atoms with Crippen molar-refractivity contribution in [1.29, 1.82) is 0 Å². The van der Waals surface area contributed by atoms with Crippen LogP contribution in [0.1, 0.15) is 40.5 Å². The number of hydrogen-bond acceptors (Lipinski definition) is 5. The van der Waals surface area contributed by atoms with E-state index in [1.807, 2.05) is 0 Å². The largest absolute Gasteiger partial charge is 0.465 e. The summed E-state index contributed by atoms with van der Waals surface area (Å²) in [5, 5.41) is 2.99. The maximum absolute atomic E-state index is 11.9. The molecule has 1 aliphatic rings. The molecule has 5 heteroatoms. The summed E-state index contributed by atoms with van der Waals surface area (Å²) in [6.45, 7) is 8.39. The molecule has 0 aromatic heterocycles. The second-order valence-electron chi connectivity index (χ2n) is 5.46. The molecule has 0 amide bonds. The summed E-state index contributed by atoms with van der Waals surface area (Å²) in [4.78, 5) is 11.9. The highest BCUT2D eigenvalue weighted by Crippen LogP contribution is 2.22. The Balaban J connectivity index is 2.50. The van der Waals surface area contributed by atoms with E-state index in [-0.39, 0.29) is 24.3 Å². The lowest BCUT2D eigenvalue weighted by Gasteiger charge is -2.34. The van der Waals surface area contributed by atoms with Crippen molar-refractivity contribution in [2.75, 3.05) is 20.3 Å². The van der Waals surface area contributed by atoms with Crippen molar-refractivity contribution in [3.63, 3.8) is 0 Å². The van der Waals surface area contributed by atoms with Crippen LogP contribution in [-0.4, -0.2) is 50.1 Å². The summed E-state index contributed by atoms with van der Waals surface area (Å²) in [7, 11) is 1.75. The number of ether oxygens (including phenoxy) is 3. The minimum atomic E-state index is -0.791. The van der Waals surface area contributed by atoms with Crippen molar-refractivity contribution in [3.8, 4) is 0 Å². The Bertz CT molecular complexity index is 287. The SMILES string of the molecule is CCOC(=O)C(C)(COC1CC(C)OC(C)C1)NC. The zero-order valence-electron chi connectivity index (χ0n) is 12.7. The minimum absolute atomic E-state index is 0.140. The summed E-state index contributed by atoms with van der Waals surface area (Å²) in [5.74, 6) is -0.273. The molecule has 19 heavy (non-hydrogen) atoms. The van der Waals surface area contributed by atoms with E-state index in [1.165, 1.54) is 0 Å². The molecular weight excluding hydrogens is 246 g/mol. The first-order valence-electron chi connectivity index (χ1n) is 7.04. The quantitative estimate of drug-likeness (QED) is 0.743. The monoisotopic (exact) mass is 273 g/mol. The number of rotatable bonds is 6. The Morgan fingerprint density at radius 3 is 2.42 bits per heavy atom. The third-order valence-electron chi connectivity index (χ3n) is 3.54. The number of nitrogens with one attached hydrogen (secondary N) is 1. The first kappa shape index (κ1) is 16.4. The predicted octanol–water partition coefficient (Wildman–Crippen LogP) is 1.50. The number of hydrogen-bond donors (Lipinski definition) is 1. The van der Waals surface area contributed by atoms with Crippen LogP contribution in [0.2, 0.25) is 0 Å². The van der Waals surface area contributed by atoms with E-state index in [2.05, 4.69) is 19.2 Å². The molecule has 0 spiro atoms. The van der Waals surface area contributed by atoms with E-state index >= 15 is 0 Å². The van der Waals surface area contributed by atoms with Crippen molar-refractivity contribution in [2.45, 2.75) is 64.4 Å². The number of esters is 1. The first-order chi connectivity index (χ1) is 8.91. The van der Waals surface area contributed by atoms with E-state index in [9.17, 15) is 4.79 Å². The molecule has 0 aromatic carbocycles. The van der Waals surface area contributed by atoms with Crippen molar-refractivity contribution >= 4 is 5.97 Å². The van der Waals surface area contributed by atoms with E-state index in [4.69, 9.17) is 14.2 Å². The van der Waals surface area contributed by atoms with Crippen molar-refractivity contribution in [2.24, 2.45) is 0 Å². The molecule has 0 aliphatic carbocycles. The van der Waals surface area contributed by atoms with Crippen LogP contribution in [0.15, 0.2) is 0 Å². The maximum Gasteiger partial charge on any atom is 0.328 e. The highest BCUT2D eigenvalue weighted by atomic mass is 16.5. The Kier molecular flexibility index (Phi) is 6.23. The molecule has 1 saturated heterocycles. The van der Waals surface area contributed by atoms with Crippen molar-refractivity contribution < 1.29 is 19.0 Å². The van der Waals surface area contributed by atoms with E-state index in [0.29, 0.717) is 13.2 Å². The second kappa shape index (κ2) is 7.22. The van der Waals surface area contributed by atoms with Crippen molar-refractivity contribution in [1.82, 2.24) is 5.32 Å². The van der Waals surface area contributed by atoms with Gasteiger partial charge in [0.25, 0.3) is 0 Å². The molecule has 0 bridgehead atoms. The van der Waals surface area contributed by atoms with E-state index < -0.39 is 5.54 Å². The fourth-order valence-electron chi connectivity index (χ4n) is 2.29. The van der Waals surface area contributed by atoms with Gasteiger partial charge in [-0.2, -0.15) is 0 Å². The molecule has 112 valence electrons.